The van der Waals surface area contributed by atoms with Gasteiger partial charge in [0.1, 0.15) is 0 Å². The highest BCUT2D eigenvalue weighted by atomic mass is 127. The minimum Gasteiger partial charge on any atom is -0.356 e. The van der Waals surface area contributed by atoms with E-state index in [1.54, 1.807) is 7.05 Å². The Morgan fingerprint density at radius 2 is 1.95 bits per heavy atom. The van der Waals surface area contributed by atoms with Crippen LogP contribution in [0.4, 0.5) is 0 Å². The second-order valence-electron chi connectivity index (χ2n) is 4.95. The Morgan fingerprint density at radius 1 is 1.24 bits per heavy atom. The van der Waals surface area contributed by atoms with Crippen LogP contribution < -0.4 is 15.4 Å². The van der Waals surface area contributed by atoms with E-state index in [9.17, 15) is 8.42 Å². The van der Waals surface area contributed by atoms with E-state index in [1.165, 1.54) is 31.3 Å². The first-order chi connectivity index (χ1) is 9.51. The molecule has 0 saturated carbocycles. The number of halogens is 1. The third-order valence-electron chi connectivity index (χ3n) is 3.13. The molecule has 124 valence electrons. The topological polar surface area (TPSA) is 82.6 Å². The van der Waals surface area contributed by atoms with E-state index >= 15 is 0 Å². The van der Waals surface area contributed by atoms with Crippen molar-refractivity contribution in [3.8, 4) is 0 Å². The fourth-order valence-electron chi connectivity index (χ4n) is 2.11. The molecule has 0 bridgehead atoms. The number of sulfonamides is 1. The van der Waals surface area contributed by atoms with Crippen LogP contribution in [0.15, 0.2) is 16.6 Å². The van der Waals surface area contributed by atoms with Gasteiger partial charge in [-0.25, -0.2) is 13.1 Å². The van der Waals surface area contributed by atoms with E-state index in [1.807, 2.05) is 0 Å². The van der Waals surface area contributed by atoms with Gasteiger partial charge in [0.2, 0.25) is 10.0 Å². The van der Waals surface area contributed by atoms with Crippen LogP contribution >= 0.6 is 24.0 Å². The van der Waals surface area contributed by atoms with E-state index in [0.717, 1.165) is 19.2 Å². The summed E-state index contributed by atoms with van der Waals surface area (Å²) in [7, 11) is -1.41. The highest BCUT2D eigenvalue weighted by Crippen LogP contribution is 2.19. The lowest BCUT2D eigenvalue weighted by Crippen LogP contribution is -2.41. The largest absolute Gasteiger partial charge is 0.356 e. The molecule has 1 aliphatic carbocycles. The molecule has 0 aromatic carbocycles. The van der Waals surface area contributed by atoms with Crippen LogP contribution in [0.2, 0.25) is 0 Å². The van der Waals surface area contributed by atoms with Crippen LogP contribution in [0.5, 0.6) is 0 Å². The maximum Gasteiger partial charge on any atom is 0.208 e. The maximum atomic E-state index is 10.9. The van der Waals surface area contributed by atoms with Gasteiger partial charge in [-0.1, -0.05) is 11.6 Å². The molecular weight excluding hydrogens is 403 g/mol. The van der Waals surface area contributed by atoms with Gasteiger partial charge >= 0.3 is 0 Å². The molecule has 0 atom stereocenters. The summed E-state index contributed by atoms with van der Waals surface area (Å²) in [4.78, 5) is 4.10. The van der Waals surface area contributed by atoms with Crippen molar-refractivity contribution in [1.29, 1.82) is 0 Å². The summed E-state index contributed by atoms with van der Waals surface area (Å²) in [6.07, 6.45) is 9.58. The van der Waals surface area contributed by atoms with Crippen molar-refractivity contribution in [3.05, 3.63) is 11.6 Å². The van der Waals surface area contributed by atoms with Gasteiger partial charge in [-0.05, 0) is 32.1 Å². The fourth-order valence-corrected chi connectivity index (χ4v) is 2.58. The Kier molecular flexibility index (Phi) is 11.1. The summed E-state index contributed by atoms with van der Waals surface area (Å²) >= 11 is 0. The second kappa shape index (κ2) is 11.2. The minimum absolute atomic E-state index is 0. The molecule has 6 nitrogen and oxygen atoms in total. The molecule has 0 aromatic rings. The summed E-state index contributed by atoms with van der Waals surface area (Å²) in [5.74, 6) is 0.705. The highest BCUT2D eigenvalue weighted by molar-refractivity contribution is 14.0. The number of rotatable bonds is 7. The molecular formula is C13H27IN4O2S. The smallest absolute Gasteiger partial charge is 0.208 e. The van der Waals surface area contributed by atoms with Gasteiger partial charge in [0.15, 0.2) is 5.96 Å². The third kappa shape index (κ3) is 10.9. The molecule has 0 spiro atoms. The van der Waals surface area contributed by atoms with Gasteiger partial charge in [0.05, 0.1) is 6.26 Å². The molecule has 1 aliphatic rings. The normalized spacial score (nSPS) is 15.9. The predicted octanol–water partition coefficient (Wildman–Crippen LogP) is 1.21. The van der Waals surface area contributed by atoms with Crippen LogP contribution in [-0.2, 0) is 10.0 Å². The summed E-state index contributed by atoms with van der Waals surface area (Å²) in [5.41, 5.74) is 1.53. The van der Waals surface area contributed by atoms with Crippen molar-refractivity contribution in [1.82, 2.24) is 15.4 Å². The number of hydrogen-bond acceptors (Lipinski definition) is 3. The molecule has 21 heavy (non-hydrogen) atoms. The number of guanidine groups is 1. The SMILES string of the molecule is CN=C(NCCNS(C)(=O)=O)NCCC1=CCCCC1.I. The van der Waals surface area contributed by atoms with E-state index in [0.29, 0.717) is 19.0 Å². The lowest BCUT2D eigenvalue weighted by molar-refractivity contribution is 0.586. The Labute approximate surface area is 145 Å². The van der Waals surface area contributed by atoms with Crippen molar-refractivity contribution in [3.63, 3.8) is 0 Å². The molecule has 1 rings (SSSR count). The first-order valence-electron chi connectivity index (χ1n) is 7.08. The van der Waals surface area contributed by atoms with Crippen molar-refractivity contribution in [2.45, 2.75) is 32.1 Å². The lowest BCUT2D eigenvalue weighted by atomic mass is 9.97. The number of nitrogens with zero attached hydrogens (tertiary/aromatic N) is 1. The van der Waals surface area contributed by atoms with Crippen molar-refractivity contribution in [2.24, 2.45) is 4.99 Å². The van der Waals surface area contributed by atoms with Gasteiger partial charge < -0.3 is 10.6 Å². The van der Waals surface area contributed by atoms with Crippen LogP contribution in [0, 0.1) is 0 Å². The molecule has 0 unspecified atom stereocenters. The Morgan fingerprint density at radius 3 is 2.52 bits per heavy atom. The molecule has 8 heteroatoms. The molecule has 0 radical (unpaired) electrons. The standard InChI is InChI=1S/C13H26N4O2S.HI/c1-14-13(16-10-11-17-20(2,18)19)15-9-8-12-6-4-3-5-7-12;/h6,17H,3-5,7-11H2,1-2H3,(H2,14,15,16);1H. The third-order valence-corrected chi connectivity index (χ3v) is 3.86. The van der Waals surface area contributed by atoms with E-state index in [4.69, 9.17) is 0 Å². The van der Waals surface area contributed by atoms with Gasteiger partial charge in [0, 0.05) is 26.7 Å². The fraction of sp³-hybridized carbons (Fsp3) is 0.769. The van der Waals surface area contributed by atoms with Crippen LogP contribution in [0.3, 0.4) is 0 Å². The van der Waals surface area contributed by atoms with Crippen LogP contribution in [0.25, 0.3) is 0 Å². The summed E-state index contributed by atoms with van der Waals surface area (Å²) < 4.78 is 24.2. The first kappa shape index (κ1) is 20.6. The van der Waals surface area contributed by atoms with E-state index in [-0.39, 0.29) is 24.0 Å². The summed E-state index contributed by atoms with van der Waals surface area (Å²) in [6.45, 7) is 1.71. The minimum atomic E-state index is -3.12. The zero-order valence-corrected chi connectivity index (χ0v) is 16.0. The van der Waals surface area contributed by atoms with Crippen molar-refractivity contribution in [2.75, 3.05) is 32.9 Å². The highest BCUT2D eigenvalue weighted by Gasteiger charge is 2.04. The van der Waals surface area contributed by atoms with E-state index < -0.39 is 10.0 Å². The van der Waals surface area contributed by atoms with Crippen LogP contribution in [0.1, 0.15) is 32.1 Å². The molecule has 0 fully saturated rings. The number of allylic oxidation sites excluding steroid dienone is 1. The van der Waals surface area contributed by atoms with Crippen LogP contribution in [-0.4, -0.2) is 47.3 Å². The average molecular weight is 430 g/mol. The predicted molar refractivity (Wildman–Crippen MR) is 98.8 cm³/mol. The second-order valence-corrected chi connectivity index (χ2v) is 6.78. The summed E-state index contributed by atoms with van der Waals surface area (Å²) in [6, 6.07) is 0. The maximum absolute atomic E-state index is 10.9. The molecule has 0 amide bonds. The Bertz CT molecular complexity index is 449. The molecule has 0 saturated heterocycles. The van der Waals surface area contributed by atoms with E-state index in [2.05, 4.69) is 26.4 Å². The molecule has 0 aromatic heterocycles. The van der Waals surface area contributed by atoms with Gasteiger partial charge in [-0.2, -0.15) is 0 Å². The quantitative estimate of drug-likeness (QED) is 0.187. The molecule has 0 heterocycles. The lowest BCUT2D eigenvalue weighted by Gasteiger charge is -2.15. The summed E-state index contributed by atoms with van der Waals surface area (Å²) in [5, 5.41) is 6.31. The van der Waals surface area contributed by atoms with Crippen molar-refractivity contribution >= 4 is 40.0 Å². The van der Waals surface area contributed by atoms with Gasteiger partial charge in [0.25, 0.3) is 0 Å². The number of aliphatic imine (C=N–C) groups is 1. The zero-order chi connectivity index (χ0) is 14.8. The average Bonchev–Trinajstić information content (AvgIpc) is 2.41. The van der Waals surface area contributed by atoms with Gasteiger partial charge in [-0.15, -0.1) is 24.0 Å². The van der Waals surface area contributed by atoms with Gasteiger partial charge in [-0.3, -0.25) is 4.99 Å². The van der Waals surface area contributed by atoms with Crippen molar-refractivity contribution < 1.29 is 8.42 Å². The number of nitrogens with one attached hydrogen (secondary N) is 3. The first-order valence-corrected chi connectivity index (χ1v) is 8.97. The Balaban J connectivity index is 0.00000400. The molecule has 0 aliphatic heterocycles. The molecule has 3 N–H and O–H groups in total. The zero-order valence-electron chi connectivity index (χ0n) is 12.8. The number of hydrogen-bond donors (Lipinski definition) is 3. The Hall–Kier alpha value is -0.350. The monoisotopic (exact) mass is 430 g/mol.